The summed E-state index contributed by atoms with van der Waals surface area (Å²) in [5.41, 5.74) is 5.55. The van der Waals surface area contributed by atoms with Gasteiger partial charge >= 0.3 is 0 Å². The molecular formula is C14H24N2O2S2. The third-order valence-corrected chi connectivity index (χ3v) is 7.17. The van der Waals surface area contributed by atoms with Crippen LogP contribution in [0.5, 0.6) is 0 Å². The Hall–Kier alpha value is -0.430. The molecule has 3 N–H and O–H groups in total. The lowest BCUT2D eigenvalue weighted by atomic mass is 9.78. The highest BCUT2D eigenvalue weighted by atomic mass is 32.2. The molecule has 1 fully saturated rings. The van der Waals surface area contributed by atoms with Gasteiger partial charge in [-0.1, -0.05) is 26.7 Å². The van der Waals surface area contributed by atoms with Gasteiger partial charge in [0.25, 0.3) is 0 Å². The van der Waals surface area contributed by atoms with Crippen molar-refractivity contribution in [2.45, 2.75) is 56.3 Å². The summed E-state index contributed by atoms with van der Waals surface area (Å²) in [5.74, 6) is 0.943. The highest BCUT2D eigenvalue weighted by Gasteiger charge is 2.31. The molecule has 114 valence electrons. The van der Waals surface area contributed by atoms with Crippen molar-refractivity contribution in [3.63, 3.8) is 0 Å². The van der Waals surface area contributed by atoms with E-state index in [1.807, 2.05) is 0 Å². The van der Waals surface area contributed by atoms with E-state index >= 15 is 0 Å². The SMILES string of the molecule is CC(C)C1CCCCC1NS(=O)(=O)c1ccc(CN)s1. The zero-order chi connectivity index (χ0) is 14.8. The number of nitrogens with one attached hydrogen (secondary N) is 1. The Morgan fingerprint density at radius 3 is 2.65 bits per heavy atom. The molecule has 2 atom stereocenters. The Labute approximate surface area is 125 Å². The van der Waals surface area contributed by atoms with Crippen LogP contribution in [-0.4, -0.2) is 14.5 Å². The molecule has 1 aliphatic rings. The number of thiophene rings is 1. The first kappa shape index (κ1) is 15.9. The zero-order valence-electron chi connectivity index (χ0n) is 12.1. The van der Waals surface area contributed by atoms with Crippen molar-refractivity contribution in [1.82, 2.24) is 4.72 Å². The van der Waals surface area contributed by atoms with Crippen molar-refractivity contribution in [2.75, 3.05) is 0 Å². The lowest BCUT2D eigenvalue weighted by Crippen LogP contribution is -2.43. The molecule has 0 amide bonds. The van der Waals surface area contributed by atoms with E-state index in [0.717, 1.165) is 24.1 Å². The van der Waals surface area contributed by atoms with E-state index in [9.17, 15) is 8.42 Å². The van der Waals surface area contributed by atoms with Gasteiger partial charge in [-0.3, -0.25) is 0 Å². The van der Waals surface area contributed by atoms with Gasteiger partial charge in [-0.25, -0.2) is 13.1 Å². The minimum Gasteiger partial charge on any atom is -0.326 e. The van der Waals surface area contributed by atoms with E-state index in [2.05, 4.69) is 18.6 Å². The van der Waals surface area contributed by atoms with E-state index in [1.54, 1.807) is 12.1 Å². The van der Waals surface area contributed by atoms with Crippen molar-refractivity contribution in [2.24, 2.45) is 17.6 Å². The third-order valence-electron chi connectivity index (χ3n) is 4.09. The summed E-state index contributed by atoms with van der Waals surface area (Å²) < 4.78 is 28.2. The summed E-state index contributed by atoms with van der Waals surface area (Å²) in [4.78, 5) is 0.898. The number of nitrogens with two attached hydrogens (primary N) is 1. The average molecular weight is 316 g/mol. The second-order valence-corrected chi connectivity index (χ2v) is 8.95. The van der Waals surface area contributed by atoms with Gasteiger partial charge in [0.2, 0.25) is 10.0 Å². The molecule has 0 bridgehead atoms. The van der Waals surface area contributed by atoms with E-state index in [1.165, 1.54) is 17.8 Å². The Morgan fingerprint density at radius 1 is 1.35 bits per heavy atom. The first-order valence-corrected chi connectivity index (χ1v) is 9.55. The molecule has 1 aliphatic carbocycles. The molecule has 0 spiro atoms. The predicted molar refractivity (Wildman–Crippen MR) is 83.1 cm³/mol. The van der Waals surface area contributed by atoms with E-state index in [-0.39, 0.29) is 6.04 Å². The zero-order valence-corrected chi connectivity index (χ0v) is 13.8. The molecule has 0 aliphatic heterocycles. The van der Waals surface area contributed by atoms with Gasteiger partial charge in [-0.15, -0.1) is 11.3 Å². The van der Waals surface area contributed by atoms with Gasteiger partial charge in [0.05, 0.1) is 0 Å². The summed E-state index contributed by atoms with van der Waals surface area (Å²) in [6, 6.07) is 3.51. The second kappa shape index (κ2) is 6.56. The monoisotopic (exact) mass is 316 g/mol. The molecular weight excluding hydrogens is 292 g/mol. The van der Waals surface area contributed by atoms with Crippen molar-refractivity contribution >= 4 is 21.4 Å². The molecule has 1 saturated carbocycles. The third kappa shape index (κ3) is 3.61. The fourth-order valence-corrected chi connectivity index (χ4v) is 5.55. The predicted octanol–water partition coefficient (Wildman–Crippen LogP) is 2.70. The Bertz CT molecular complexity index is 537. The molecule has 0 aromatic carbocycles. The van der Waals surface area contributed by atoms with Gasteiger partial charge in [0.1, 0.15) is 4.21 Å². The van der Waals surface area contributed by atoms with Crippen LogP contribution in [-0.2, 0) is 16.6 Å². The van der Waals surface area contributed by atoms with Crippen LogP contribution in [0, 0.1) is 11.8 Å². The Kier molecular flexibility index (Phi) is 5.23. The lowest BCUT2D eigenvalue weighted by molar-refractivity contribution is 0.226. The number of rotatable bonds is 5. The summed E-state index contributed by atoms with van der Waals surface area (Å²) >= 11 is 1.26. The largest absolute Gasteiger partial charge is 0.326 e. The molecule has 0 saturated heterocycles. The molecule has 4 nitrogen and oxygen atoms in total. The Morgan fingerprint density at radius 2 is 2.05 bits per heavy atom. The maximum atomic E-state index is 12.5. The number of hydrogen-bond acceptors (Lipinski definition) is 4. The van der Waals surface area contributed by atoms with Crippen LogP contribution in [0.1, 0.15) is 44.4 Å². The van der Waals surface area contributed by atoms with Crippen molar-refractivity contribution < 1.29 is 8.42 Å². The van der Waals surface area contributed by atoms with Crippen LogP contribution >= 0.6 is 11.3 Å². The van der Waals surface area contributed by atoms with E-state index in [4.69, 9.17) is 5.73 Å². The van der Waals surface area contributed by atoms with Crippen LogP contribution in [0.2, 0.25) is 0 Å². The summed E-state index contributed by atoms with van der Waals surface area (Å²) in [7, 11) is -3.40. The van der Waals surface area contributed by atoms with Crippen LogP contribution < -0.4 is 10.5 Å². The number of hydrogen-bond donors (Lipinski definition) is 2. The molecule has 1 aromatic rings. The van der Waals surface area contributed by atoms with Gasteiger partial charge in [0, 0.05) is 17.5 Å². The van der Waals surface area contributed by atoms with Crippen LogP contribution in [0.15, 0.2) is 16.3 Å². The normalized spacial score (nSPS) is 24.2. The maximum Gasteiger partial charge on any atom is 0.250 e. The van der Waals surface area contributed by atoms with Gasteiger partial charge in [0.15, 0.2) is 0 Å². The fraction of sp³-hybridized carbons (Fsp3) is 0.714. The van der Waals surface area contributed by atoms with Crippen molar-refractivity contribution in [3.05, 3.63) is 17.0 Å². The fourth-order valence-electron chi connectivity index (χ4n) is 2.97. The van der Waals surface area contributed by atoms with Crippen molar-refractivity contribution in [1.29, 1.82) is 0 Å². The highest BCUT2D eigenvalue weighted by Crippen LogP contribution is 2.32. The highest BCUT2D eigenvalue weighted by molar-refractivity contribution is 7.91. The van der Waals surface area contributed by atoms with Gasteiger partial charge < -0.3 is 5.73 Å². The smallest absolute Gasteiger partial charge is 0.250 e. The molecule has 2 unspecified atom stereocenters. The summed E-state index contributed by atoms with van der Waals surface area (Å²) in [5, 5.41) is 0. The van der Waals surface area contributed by atoms with Crippen LogP contribution in [0.3, 0.4) is 0 Å². The van der Waals surface area contributed by atoms with Crippen molar-refractivity contribution in [3.8, 4) is 0 Å². The molecule has 2 rings (SSSR count). The Balaban J connectivity index is 2.14. The first-order chi connectivity index (χ1) is 9.44. The number of sulfonamides is 1. The summed E-state index contributed by atoms with van der Waals surface area (Å²) in [6.07, 6.45) is 4.37. The first-order valence-electron chi connectivity index (χ1n) is 7.25. The quantitative estimate of drug-likeness (QED) is 0.877. The average Bonchev–Trinajstić information content (AvgIpc) is 2.88. The van der Waals surface area contributed by atoms with Crippen LogP contribution in [0.4, 0.5) is 0 Å². The van der Waals surface area contributed by atoms with Gasteiger partial charge in [-0.05, 0) is 36.8 Å². The molecule has 1 heterocycles. The molecule has 6 heteroatoms. The molecule has 20 heavy (non-hydrogen) atoms. The lowest BCUT2D eigenvalue weighted by Gasteiger charge is -2.34. The molecule has 1 aromatic heterocycles. The standard InChI is InChI=1S/C14H24N2O2S2/c1-10(2)12-5-3-4-6-13(12)16-20(17,18)14-8-7-11(9-15)19-14/h7-8,10,12-13,16H,3-6,9,15H2,1-2H3. The topological polar surface area (TPSA) is 72.2 Å². The van der Waals surface area contributed by atoms with Crippen LogP contribution in [0.25, 0.3) is 0 Å². The minimum atomic E-state index is -3.40. The van der Waals surface area contributed by atoms with Gasteiger partial charge in [-0.2, -0.15) is 0 Å². The second-order valence-electron chi connectivity index (χ2n) is 5.84. The molecule has 0 radical (unpaired) electrons. The maximum absolute atomic E-state index is 12.5. The van der Waals surface area contributed by atoms with E-state index in [0.29, 0.717) is 22.6 Å². The van der Waals surface area contributed by atoms with E-state index < -0.39 is 10.0 Å². The minimum absolute atomic E-state index is 0.0668. The summed E-state index contributed by atoms with van der Waals surface area (Å²) in [6.45, 7) is 4.74.